The lowest BCUT2D eigenvalue weighted by atomic mass is 10.00. The molecule has 0 spiro atoms. The summed E-state index contributed by atoms with van der Waals surface area (Å²) in [5.41, 5.74) is 3.65. The fraction of sp³-hybridized carbons (Fsp3) is 0.524. The molecule has 2 N–H and O–H groups in total. The highest BCUT2D eigenvalue weighted by Crippen LogP contribution is 2.31. The molecule has 1 aliphatic heterocycles. The summed E-state index contributed by atoms with van der Waals surface area (Å²) in [6, 6.07) is 2.55. The molecule has 2 aliphatic rings. The van der Waals surface area contributed by atoms with E-state index in [0.717, 1.165) is 47.7 Å². The molecule has 0 unspecified atom stereocenters. The Hall–Kier alpha value is -2.54. The molecule has 7 heteroatoms. The molecule has 1 aliphatic carbocycles. The topological polar surface area (TPSA) is 80.5 Å². The standard InChI is InChI=1S/C21H27N7/c1-2-6-17(5-1)28-14-16(13-26-28)18-10-19-20(24-9-8-23-19)21(27-18)25-12-15-4-3-7-22-11-15/h8-10,13-15,17,22H,1-7,11-12H2,(H,25,27)/t15-/m0/s1. The second-order valence-corrected chi connectivity index (χ2v) is 8.02. The van der Waals surface area contributed by atoms with Crippen LogP contribution in [-0.2, 0) is 0 Å². The van der Waals surface area contributed by atoms with Crippen LogP contribution in [0.15, 0.2) is 30.9 Å². The van der Waals surface area contributed by atoms with Gasteiger partial charge >= 0.3 is 0 Å². The van der Waals surface area contributed by atoms with E-state index in [9.17, 15) is 0 Å². The van der Waals surface area contributed by atoms with Gasteiger partial charge in [-0.15, -0.1) is 0 Å². The van der Waals surface area contributed by atoms with E-state index in [1.807, 2.05) is 12.3 Å². The first-order valence-corrected chi connectivity index (χ1v) is 10.5. The number of hydrogen-bond donors (Lipinski definition) is 2. The lowest BCUT2D eigenvalue weighted by molar-refractivity contribution is 0.392. The molecular weight excluding hydrogens is 350 g/mol. The summed E-state index contributed by atoms with van der Waals surface area (Å²) in [6.07, 6.45) is 15.1. The van der Waals surface area contributed by atoms with Gasteiger partial charge in [0.25, 0.3) is 0 Å². The van der Waals surface area contributed by atoms with E-state index >= 15 is 0 Å². The highest BCUT2D eigenvalue weighted by Gasteiger charge is 2.19. The van der Waals surface area contributed by atoms with E-state index in [0.29, 0.717) is 12.0 Å². The average Bonchev–Trinajstić information content (AvgIpc) is 3.44. The van der Waals surface area contributed by atoms with Gasteiger partial charge in [0.2, 0.25) is 0 Å². The second kappa shape index (κ2) is 7.83. The van der Waals surface area contributed by atoms with Crippen LogP contribution < -0.4 is 10.6 Å². The van der Waals surface area contributed by atoms with Gasteiger partial charge < -0.3 is 10.6 Å². The molecule has 0 radical (unpaired) electrons. The van der Waals surface area contributed by atoms with Crippen LogP contribution in [0.25, 0.3) is 22.3 Å². The van der Waals surface area contributed by atoms with E-state index in [-0.39, 0.29) is 0 Å². The number of hydrogen-bond acceptors (Lipinski definition) is 6. The second-order valence-electron chi connectivity index (χ2n) is 8.02. The van der Waals surface area contributed by atoms with E-state index < -0.39 is 0 Å². The van der Waals surface area contributed by atoms with E-state index in [1.54, 1.807) is 12.4 Å². The molecule has 2 fully saturated rings. The minimum Gasteiger partial charge on any atom is -0.368 e. The summed E-state index contributed by atoms with van der Waals surface area (Å²) in [6.45, 7) is 3.09. The van der Waals surface area contributed by atoms with E-state index in [2.05, 4.69) is 36.6 Å². The monoisotopic (exact) mass is 377 g/mol. The first-order valence-electron chi connectivity index (χ1n) is 10.5. The summed E-state index contributed by atoms with van der Waals surface area (Å²) >= 11 is 0. The van der Waals surface area contributed by atoms with Crippen LogP contribution in [0.5, 0.6) is 0 Å². The van der Waals surface area contributed by atoms with Gasteiger partial charge in [0, 0.05) is 30.7 Å². The fourth-order valence-electron chi connectivity index (χ4n) is 4.42. The molecule has 0 aromatic carbocycles. The SMILES string of the molecule is c1cnc2c(NC[C@H]3CCCNC3)nc(-c3cnn(C4CCCC4)c3)cc2n1. The van der Waals surface area contributed by atoms with Crippen LogP contribution in [0.3, 0.4) is 0 Å². The van der Waals surface area contributed by atoms with E-state index in [4.69, 9.17) is 4.98 Å². The Balaban J connectivity index is 1.44. The zero-order chi connectivity index (χ0) is 18.8. The molecule has 7 nitrogen and oxygen atoms in total. The van der Waals surface area contributed by atoms with Crippen molar-refractivity contribution in [3.8, 4) is 11.3 Å². The van der Waals surface area contributed by atoms with Crippen molar-refractivity contribution in [2.75, 3.05) is 25.0 Å². The zero-order valence-electron chi connectivity index (χ0n) is 16.1. The predicted molar refractivity (Wildman–Crippen MR) is 110 cm³/mol. The smallest absolute Gasteiger partial charge is 0.154 e. The number of aromatic nitrogens is 5. The number of rotatable bonds is 5. The van der Waals surface area contributed by atoms with Gasteiger partial charge in [-0.1, -0.05) is 12.8 Å². The third-order valence-corrected chi connectivity index (χ3v) is 6.01. The molecule has 1 saturated heterocycles. The maximum absolute atomic E-state index is 4.91. The van der Waals surface area contributed by atoms with Crippen LogP contribution in [0, 0.1) is 5.92 Å². The minimum atomic E-state index is 0.533. The number of piperidine rings is 1. The molecule has 0 bridgehead atoms. The van der Waals surface area contributed by atoms with Crippen LogP contribution in [0.4, 0.5) is 5.82 Å². The van der Waals surface area contributed by atoms with Crippen molar-refractivity contribution in [2.24, 2.45) is 5.92 Å². The molecule has 146 valence electrons. The van der Waals surface area contributed by atoms with Crippen LogP contribution in [0.2, 0.25) is 0 Å². The van der Waals surface area contributed by atoms with Crippen molar-refractivity contribution in [1.82, 2.24) is 30.0 Å². The van der Waals surface area contributed by atoms with Gasteiger partial charge in [0.1, 0.15) is 5.52 Å². The van der Waals surface area contributed by atoms with Crippen LogP contribution >= 0.6 is 0 Å². The molecule has 0 amide bonds. The molecular formula is C21H27N7. The summed E-state index contributed by atoms with van der Waals surface area (Å²) < 4.78 is 2.12. The number of nitrogens with zero attached hydrogens (tertiary/aromatic N) is 5. The number of pyridine rings is 1. The average molecular weight is 377 g/mol. The summed E-state index contributed by atoms with van der Waals surface area (Å²) in [5.74, 6) is 1.44. The van der Waals surface area contributed by atoms with Crippen molar-refractivity contribution < 1.29 is 0 Å². The highest BCUT2D eigenvalue weighted by atomic mass is 15.3. The van der Waals surface area contributed by atoms with Crippen molar-refractivity contribution in [1.29, 1.82) is 0 Å². The van der Waals surface area contributed by atoms with Crippen molar-refractivity contribution in [3.63, 3.8) is 0 Å². The van der Waals surface area contributed by atoms with Crippen LogP contribution in [0.1, 0.15) is 44.6 Å². The van der Waals surface area contributed by atoms with Crippen molar-refractivity contribution in [3.05, 3.63) is 30.9 Å². The summed E-state index contributed by atoms with van der Waals surface area (Å²) in [4.78, 5) is 14.0. The van der Waals surface area contributed by atoms with Gasteiger partial charge in [0.05, 0.1) is 23.4 Å². The Kier molecular flexibility index (Phi) is 4.91. The summed E-state index contributed by atoms with van der Waals surface area (Å²) in [5, 5.41) is 11.6. The maximum Gasteiger partial charge on any atom is 0.154 e. The Morgan fingerprint density at radius 3 is 2.86 bits per heavy atom. The molecule has 1 atom stereocenters. The van der Waals surface area contributed by atoms with Crippen LogP contribution in [-0.4, -0.2) is 44.4 Å². The highest BCUT2D eigenvalue weighted by molar-refractivity contribution is 5.88. The Morgan fingerprint density at radius 1 is 1.11 bits per heavy atom. The number of anilines is 1. The molecule has 3 aromatic rings. The molecule has 4 heterocycles. The van der Waals surface area contributed by atoms with Gasteiger partial charge in [-0.25, -0.2) is 9.97 Å². The lowest BCUT2D eigenvalue weighted by Gasteiger charge is -2.23. The first kappa shape index (κ1) is 17.6. The zero-order valence-corrected chi connectivity index (χ0v) is 16.1. The summed E-state index contributed by atoms with van der Waals surface area (Å²) in [7, 11) is 0. The molecule has 28 heavy (non-hydrogen) atoms. The fourth-order valence-corrected chi connectivity index (χ4v) is 4.42. The third kappa shape index (κ3) is 3.58. The molecule has 1 saturated carbocycles. The first-order chi connectivity index (χ1) is 13.9. The van der Waals surface area contributed by atoms with Crippen molar-refractivity contribution >= 4 is 16.9 Å². The quantitative estimate of drug-likeness (QED) is 0.709. The minimum absolute atomic E-state index is 0.533. The Morgan fingerprint density at radius 2 is 2.00 bits per heavy atom. The Labute approximate surface area is 165 Å². The Bertz CT molecular complexity index is 939. The normalized spacial score (nSPS) is 20.6. The maximum atomic E-state index is 4.91. The van der Waals surface area contributed by atoms with E-state index in [1.165, 1.54) is 38.5 Å². The van der Waals surface area contributed by atoms with Gasteiger partial charge in [-0.3, -0.25) is 9.67 Å². The van der Waals surface area contributed by atoms with Gasteiger partial charge in [0.15, 0.2) is 5.82 Å². The number of fused-ring (bicyclic) bond motifs is 1. The van der Waals surface area contributed by atoms with Crippen molar-refractivity contribution in [2.45, 2.75) is 44.6 Å². The van der Waals surface area contributed by atoms with Gasteiger partial charge in [-0.2, -0.15) is 5.10 Å². The lowest BCUT2D eigenvalue weighted by Crippen LogP contribution is -2.33. The third-order valence-electron chi connectivity index (χ3n) is 6.01. The largest absolute Gasteiger partial charge is 0.368 e. The number of nitrogens with one attached hydrogen (secondary N) is 2. The molecule has 5 rings (SSSR count). The van der Waals surface area contributed by atoms with Gasteiger partial charge in [-0.05, 0) is 50.8 Å². The predicted octanol–water partition coefficient (Wildman–Crippen LogP) is 3.41. The molecule has 3 aromatic heterocycles.